The molecule has 7 nitrogen and oxygen atoms in total. The first kappa shape index (κ1) is 19.5. The second-order valence-corrected chi connectivity index (χ2v) is 5.22. The maximum Gasteiger partial charge on any atom is 0.341 e. The number of aliphatic carboxylic acids is 1. The highest BCUT2D eigenvalue weighted by molar-refractivity contribution is 6.09. The molecule has 138 valence electrons. The molecular weight excluding hydrogens is 355 g/mol. The Morgan fingerprint density at radius 2 is 1.93 bits per heavy atom. The van der Waals surface area contributed by atoms with Crippen LogP contribution >= 0.6 is 0 Å². The van der Waals surface area contributed by atoms with Gasteiger partial charge in [0, 0.05) is 5.69 Å². The summed E-state index contributed by atoms with van der Waals surface area (Å²) in [6.07, 6.45) is 1.34. The van der Waals surface area contributed by atoms with Gasteiger partial charge in [-0.2, -0.15) is 5.26 Å². The van der Waals surface area contributed by atoms with Crippen molar-refractivity contribution < 1.29 is 28.6 Å². The summed E-state index contributed by atoms with van der Waals surface area (Å²) in [6.45, 7) is -0.533. The Hall–Kier alpha value is -3.86. The molecule has 0 saturated carbocycles. The lowest BCUT2D eigenvalue weighted by Crippen LogP contribution is -2.13. The first-order valence-electron chi connectivity index (χ1n) is 7.64. The van der Waals surface area contributed by atoms with Crippen molar-refractivity contribution in [1.82, 2.24) is 0 Å². The van der Waals surface area contributed by atoms with E-state index in [9.17, 15) is 19.2 Å². The van der Waals surface area contributed by atoms with Crippen LogP contribution in [0.2, 0.25) is 0 Å². The molecule has 2 rings (SSSR count). The Morgan fingerprint density at radius 1 is 1.22 bits per heavy atom. The number of nitrogens with one attached hydrogen (secondary N) is 1. The van der Waals surface area contributed by atoms with Crippen molar-refractivity contribution in [3.63, 3.8) is 0 Å². The SMILES string of the molecule is COc1cc(/C=C(\C#N)C(=O)Nc2ccc(F)cc2)ccc1OCC(=O)O. The van der Waals surface area contributed by atoms with Crippen molar-refractivity contribution in [2.45, 2.75) is 0 Å². The Labute approximate surface area is 154 Å². The first-order valence-corrected chi connectivity index (χ1v) is 7.64. The van der Waals surface area contributed by atoms with Gasteiger partial charge in [-0.05, 0) is 48.0 Å². The molecule has 0 aliphatic rings. The van der Waals surface area contributed by atoms with E-state index >= 15 is 0 Å². The normalized spacial score (nSPS) is 10.6. The fraction of sp³-hybridized carbons (Fsp3) is 0.105. The molecule has 0 aliphatic heterocycles. The molecule has 8 heteroatoms. The number of halogens is 1. The second kappa shape index (κ2) is 9.01. The lowest BCUT2D eigenvalue weighted by atomic mass is 10.1. The molecule has 0 aliphatic carbocycles. The van der Waals surface area contributed by atoms with Crippen LogP contribution in [0.3, 0.4) is 0 Å². The van der Waals surface area contributed by atoms with E-state index in [1.165, 1.54) is 49.6 Å². The summed E-state index contributed by atoms with van der Waals surface area (Å²) >= 11 is 0. The van der Waals surface area contributed by atoms with Crippen molar-refractivity contribution >= 4 is 23.6 Å². The van der Waals surface area contributed by atoms with Gasteiger partial charge in [-0.3, -0.25) is 4.79 Å². The Morgan fingerprint density at radius 3 is 2.52 bits per heavy atom. The number of carboxylic acid groups (broad SMARTS) is 1. The van der Waals surface area contributed by atoms with Crippen LogP contribution in [0.5, 0.6) is 11.5 Å². The molecule has 2 N–H and O–H groups in total. The zero-order valence-electron chi connectivity index (χ0n) is 14.2. The zero-order chi connectivity index (χ0) is 19.8. The van der Waals surface area contributed by atoms with E-state index in [2.05, 4.69) is 5.32 Å². The van der Waals surface area contributed by atoms with Crippen LogP contribution in [0.15, 0.2) is 48.0 Å². The average Bonchev–Trinajstić information content (AvgIpc) is 2.66. The van der Waals surface area contributed by atoms with Crippen LogP contribution in [0.4, 0.5) is 10.1 Å². The number of benzene rings is 2. The fourth-order valence-corrected chi connectivity index (χ4v) is 2.08. The first-order chi connectivity index (χ1) is 12.9. The molecule has 0 radical (unpaired) electrons. The molecule has 0 bridgehead atoms. The Balaban J connectivity index is 2.20. The maximum absolute atomic E-state index is 12.9. The lowest BCUT2D eigenvalue weighted by Gasteiger charge is -2.10. The number of ether oxygens (including phenoxy) is 2. The van der Waals surface area contributed by atoms with Crippen LogP contribution < -0.4 is 14.8 Å². The average molecular weight is 370 g/mol. The fourth-order valence-electron chi connectivity index (χ4n) is 2.08. The highest BCUT2D eigenvalue weighted by Gasteiger charge is 2.12. The molecule has 0 atom stereocenters. The van der Waals surface area contributed by atoms with Crippen molar-refractivity contribution in [2.24, 2.45) is 0 Å². The van der Waals surface area contributed by atoms with E-state index in [4.69, 9.17) is 14.6 Å². The highest BCUT2D eigenvalue weighted by Crippen LogP contribution is 2.29. The van der Waals surface area contributed by atoms with E-state index in [0.29, 0.717) is 11.3 Å². The summed E-state index contributed by atoms with van der Waals surface area (Å²) in [5.74, 6) is -1.77. The zero-order valence-corrected chi connectivity index (χ0v) is 14.2. The minimum absolute atomic E-state index is 0.180. The van der Waals surface area contributed by atoms with E-state index in [0.717, 1.165) is 0 Å². The van der Waals surface area contributed by atoms with Crippen LogP contribution in [-0.2, 0) is 9.59 Å². The standard InChI is InChI=1S/C19H15FN2O5/c1-26-17-9-12(2-7-16(17)27-11-18(23)24)8-13(10-21)19(25)22-15-5-3-14(20)4-6-15/h2-9H,11H2,1H3,(H,22,25)(H,23,24)/b13-8+. The molecule has 0 spiro atoms. The molecule has 0 unspecified atom stereocenters. The van der Waals surface area contributed by atoms with Crippen molar-refractivity contribution in [2.75, 3.05) is 19.0 Å². The van der Waals surface area contributed by atoms with E-state index < -0.39 is 24.3 Å². The van der Waals surface area contributed by atoms with Gasteiger partial charge in [0.2, 0.25) is 0 Å². The topological polar surface area (TPSA) is 109 Å². The summed E-state index contributed by atoms with van der Waals surface area (Å²) in [4.78, 5) is 22.8. The summed E-state index contributed by atoms with van der Waals surface area (Å²) in [6, 6.07) is 11.4. The molecular formula is C19H15FN2O5. The van der Waals surface area contributed by atoms with Gasteiger partial charge >= 0.3 is 5.97 Å². The number of carbonyl (C=O) groups is 2. The van der Waals surface area contributed by atoms with Crippen LogP contribution in [0.1, 0.15) is 5.56 Å². The van der Waals surface area contributed by atoms with Gasteiger partial charge in [-0.1, -0.05) is 6.07 Å². The van der Waals surface area contributed by atoms with Crippen LogP contribution in [-0.4, -0.2) is 30.7 Å². The van der Waals surface area contributed by atoms with Crippen LogP contribution in [0.25, 0.3) is 6.08 Å². The minimum atomic E-state index is -1.13. The number of hydrogen-bond donors (Lipinski definition) is 2. The molecule has 2 aromatic rings. The number of amides is 1. The second-order valence-electron chi connectivity index (χ2n) is 5.22. The molecule has 0 heterocycles. The highest BCUT2D eigenvalue weighted by atomic mass is 19.1. The number of anilines is 1. The molecule has 0 fully saturated rings. The summed E-state index contributed by atoms with van der Waals surface area (Å²) in [5, 5.41) is 20.4. The number of carbonyl (C=O) groups excluding carboxylic acids is 1. The maximum atomic E-state index is 12.9. The summed E-state index contributed by atoms with van der Waals surface area (Å²) < 4.78 is 23.1. The number of rotatable bonds is 7. The van der Waals surface area contributed by atoms with Gasteiger partial charge in [0.15, 0.2) is 18.1 Å². The van der Waals surface area contributed by atoms with Gasteiger partial charge in [0.05, 0.1) is 7.11 Å². The lowest BCUT2D eigenvalue weighted by molar-refractivity contribution is -0.139. The largest absolute Gasteiger partial charge is 0.493 e. The number of methoxy groups -OCH3 is 1. The molecule has 2 aromatic carbocycles. The molecule has 0 saturated heterocycles. The van der Waals surface area contributed by atoms with Crippen molar-refractivity contribution in [1.29, 1.82) is 5.26 Å². The third-order valence-corrected chi connectivity index (χ3v) is 3.32. The van der Waals surface area contributed by atoms with Gasteiger partial charge in [0.25, 0.3) is 5.91 Å². The van der Waals surface area contributed by atoms with E-state index in [1.807, 2.05) is 0 Å². The number of nitriles is 1. The Bertz CT molecular complexity index is 917. The quantitative estimate of drug-likeness (QED) is 0.573. The summed E-state index contributed by atoms with van der Waals surface area (Å²) in [7, 11) is 1.38. The molecule has 1 amide bonds. The molecule has 0 aromatic heterocycles. The number of hydrogen-bond acceptors (Lipinski definition) is 5. The molecule has 27 heavy (non-hydrogen) atoms. The third kappa shape index (κ3) is 5.57. The summed E-state index contributed by atoms with van der Waals surface area (Å²) in [5.41, 5.74) is 0.637. The third-order valence-electron chi connectivity index (χ3n) is 3.32. The van der Waals surface area contributed by atoms with Gasteiger partial charge < -0.3 is 19.9 Å². The van der Waals surface area contributed by atoms with E-state index in [1.54, 1.807) is 12.1 Å². The Kier molecular flexibility index (Phi) is 6.49. The number of carboxylic acids is 1. The van der Waals surface area contributed by atoms with Gasteiger partial charge in [0.1, 0.15) is 17.5 Å². The van der Waals surface area contributed by atoms with Gasteiger partial charge in [-0.15, -0.1) is 0 Å². The van der Waals surface area contributed by atoms with Crippen molar-refractivity contribution in [3.8, 4) is 17.6 Å². The van der Waals surface area contributed by atoms with Crippen LogP contribution in [0, 0.1) is 17.1 Å². The number of nitrogens with zero attached hydrogens (tertiary/aromatic N) is 1. The smallest absolute Gasteiger partial charge is 0.341 e. The van der Waals surface area contributed by atoms with E-state index in [-0.39, 0.29) is 17.1 Å². The monoisotopic (exact) mass is 370 g/mol. The van der Waals surface area contributed by atoms with Crippen molar-refractivity contribution in [3.05, 3.63) is 59.4 Å². The predicted octanol–water partition coefficient (Wildman–Crippen LogP) is 2.84. The van der Waals surface area contributed by atoms with Gasteiger partial charge in [-0.25, -0.2) is 9.18 Å². The predicted molar refractivity (Wildman–Crippen MR) is 94.7 cm³/mol. The minimum Gasteiger partial charge on any atom is -0.493 e.